The molecule has 2 rings (SSSR count). The van der Waals surface area contributed by atoms with Gasteiger partial charge < -0.3 is 10.5 Å². The summed E-state index contributed by atoms with van der Waals surface area (Å²) >= 11 is 0. The molecule has 1 aliphatic rings. The first-order chi connectivity index (χ1) is 9.58. The van der Waals surface area contributed by atoms with Crippen LogP contribution in [-0.2, 0) is 21.3 Å². The van der Waals surface area contributed by atoms with Crippen LogP contribution in [0.15, 0.2) is 23.2 Å². The summed E-state index contributed by atoms with van der Waals surface area (Å²) in [4.78, 5) is 4.17. The molecule has 1 aromatic rings. The molecule has 1 saturated heterocycles. The van der Waals surface area contributed by atoms with Gasteiger partial charge in [0.25, 0.3) is 0 Å². The third kappa shape index (κ3) is 3.35. The number of sulfonamides is 1. The maximum atomic E-state index is 12.3. The minimum Gasteiger partial charge on any atom is -0.378 e. The minimum absolute atomic E-state index is 0.0984. The summed E-state index contributed by atoms with van der Waals surface area (Å²) in [6.45, 7) is 3.23. The van der Waals surface area contributed by atoms with E-state index in [0.29, 0.717) is 18.8 Å². The van der Waals surface area contributed by atoms with E-state index in [4.69, 9.17) is 10.5 Å². The van der Waals surface area contributed by atoms with Gasteiger partial charge in [0.15, 0.2) is 0 Å². The molecule has 2 heterocycles. The number of aromatic nitrogens is 1. The van der Waals surface area contributed by atoms with Gasteiger partial charge in [0.2, 0.25) is 10.0 Å². The van der Waals surface area contributed by atoms with E-state index in [9.17, 15) is 8.42 Å². The van der Waals surface area contributed by atoms with Crippen LogP contribution in [0.1, 0.15) is 25.5 Å². The average Bonchev–Trinajstić information content (AvgIpc) is 2.92. The van der Waals surface area contributed by atoms with Gasteiger partial charge in [0.05, 0.1) is 11.8 Å². The fraction of sp³-hybridized carbons (Fsp3) is 0.615. The number of nitrogens with two attached hydrogens (primary N) is 1. The van der Waals surface area contributed by atoms with E-state index in [2.05, 4.69) is 9.71 Å². The molecule has 1 aliphatic heterocycles. The molecule has 0 radical (unpaired) electrons. The summed E-state index contributed by atoms with van der Waals surface area (Å²) in [5, 5.41) is 0. The van der Waals surface area contributed by atoms with Crippen LogP contribution in [0.5, 0.6) is 0 Å². The molecule has 0 aromatic carbocycles. The number of hydrogen-bond acceptors (Lipinski definition) is 5. The van der Waals surface area contributed by atoms with Gasteiger partial charge in [0.1, 0.15) is 4.90 Å². The lowest BCUT2D eigenvalue weighted by Gasteiger charge is -2.17. The van der Waals surface area contributed by atoms with Crippen LogP contribution in [0, 0.1) is 5.92 Å². The number of hydrogen-bond donors (Lipinski definition) is 2. The van der Waals surface area contributed by atoms with Gasteiger partial charge in [-0.15, -0.1) is 0 Å². The first kappa shape index (κ1) is 15.4. The largest absolute Gasteiger partial charge is 0.378 e. The van der Waals surface area contributed by atoms with Crippen molar-refractivity contribution in [3.63, 3.8) is 0 Å². The zero-order chi connectivity index (χ0) is 14.6. The second-order valence-electron chi connectivity index (χ2n) is 4.87. The van der Waals surface area contributed by atoms with E-state index in [1.165, 1.54) is 6.07 Å². The van der Waals surface area contributed by atoms with Crippen molar-refractivity contribution in [1.29, 1.82) is 0 Å². The average molecular weight is 299 g/mol. The second-order valence-corrected chi connectivity index (χ2v) is 6.61. The molecular formula is C13H21N3O3S. The van der Waals surface area contributed by atoms with Crippen molar-refractivity contribution >= 4 is 10.0 Å². The van der Waals surface area contributed by atoms with E-state index < -0.39 is 10.0 Å². The number of ether oxygens (including phenoxy) is 1. The van der Waals surface area contributed by atoms with Crippen molar-refractivity contribution in [2.24, 2.45) is 11.7 Å². The summed E-state index contributed by atoms with van der Waals surface area (Å²) < 4.78 is 32.8. The van der Waals surface area contributed by atoms with E-state index in [1.807, 2.05) is 6.92 Å². The highest BCUT2D eigenvalue weighted by atomic mass is 32.2. The Morgan fingerprint density at radius 2 is 2.35 bits per heavy atom. The Balaban J connectivity index is 2.08. The third-order valence-electron chi connectivity index (χ3n) is 3.62. The Hall–Kier alpha value is -1.02. The smallest absolute Gasteiger partial charge is 0.242 e. The molecule has 6 nitrogen and oxygen atoms in total. The molecule has 0 spiro atoms. The predicted octanol–water partition coefficient (Wildman–Crippen LogP) is 0.634. The lowest BCUT2D eigenvalue weighted by molar-refractivity contribution is 0.0884. The molecule has 2 atom stereocenters. The van der Waals surface area contributed by atoms with Crippen LogP contribution < -0.4 is 10.5 Å². The molecule has 0 saturated carbocycles. The summed E-state index contributed by atoms with van der Waals surface area (Å²) in [5.74, 6) is 0.229. The molecule has 1 aromatic heterocycles. The molecule has 3 N–H and O–H groups in total. The van der Waals surface area contributed by atoms with Gasteiger partial charge in [-0.1, -0.05) is 6.92 Å². The maximum Gasteiger partial charge on any atom is 0.242 e. The van der Waals surface area contributed by atoms with Crippen LogP contribution >= 0.6 is 0 Å². The maximum absolute atomic E-state index is 12.3. The molecule has 2 unspecified atom stereocenters. The molecule has 0 aliphatic carbocycles. The standard InChI is InChI=1S/C13H21N3O3S/c1-2-12-10(5-7-19-12)9-16-20(17,18)13-4-3-6-15-11(13)8-14/h3-4,6,10,12,16H,2,5,7-9,14H2,1H3. The SMILES string of the molecule is CCC1OCCC1CNS(=O)(=O)c1cccnc1CN. The number of rotatable bonds is 6. The minimum atomic E-state index is -3.57. The Bertz CT molecular complexity index is 548. The summed E-state index contributed by atoms with van der Waals surface area (Å²) in [5.41, 5.74) is 5.92. The zero-order valence-corrected chi connectivity index (χ0v) is 12.4. The van der Waals surface area contributed by atoms with Gasteiger partial charge in [0, 0.05) is 31.8 Å². The highest BCUT2D eigenvalue weighted by Crippen LogP contribution is 2.23. The lowest BCUT2D eigenvalue weighted by Crippen LogP contribution is -2.33. The first-order valence-corrected chi connectivity index (χ1v) is 8.32. The Morgan fingerprint density at radius 1 is 1.55 bits per heavy atom. The number of nitrogens with one attached hydrogen (secondary N) is 1. The normalized spacial score (nSPS) is 23.1. The molecule has 7 heteroatoms. The van der Waals surface area contributed by atoms with Crippen LogP contribution in [-0.4, -0.2) is 32.7 Å². The van der Waals surface area contributed by atoms with E-state index in [1.54, 1.807) is 12.3 Å². The van der Waals surface area contributed by atoms with Gasteiger partial charge in [-0.2, -0.15) is 0 Å². The van der Waals surface area contributed by atoms with Gasteiger partial charge >= 0.3 is 0 Å². The fourth-order valence-corrected chi connectivity index (χ4v) is 3.79. The van der Waals surface area contributed by atoms with Crippen LogP contribution in [0.2, 0.25) is 0 Å². The molecule has 0 amide bonds. The van der Waals surface area contributed by atoms with E-state index in [-0.39, 0.29) is 23.5 Å². The van der Waals surface area contributed by atoms with Crippen molar-refractivity contribution in [3.05, 3.63) is 24.0 Å². The number of pyridine rings is 1. The van der Waals surface area contributed by atoms with Gasteiger partial charge in [-0.25, -0.2) is 13.1 Å². The molecular weight excluding hydrogens is 278 g/mol. The van der Waals surface area contributed by atoms with Gasteiger partial charge in [-0.05, 0) is 25.0 Å². The van der Waals surface area contributed by atoms with Crippen molar-refractivity contribution in [1.82, 2.24) is 9.71 Å². The van der Waals surface area contributed by atoms with Crippen LogP contribution in [0.4, 0.5) is 0 Å². The third-order valence-corrected chi connectivity index (χ3v) is 5.11. The molecule has 0 bridgehead atoms. The Kier molecular flexibility index (Phi) is 5.09. The van der Waals surface area contributed by atoms with E-state index in [0.717, 1.165) is 12.8 Å². The Morgan fingerprint density at radius 3 is 3.05 bits per heavy atom. The van der Waals surface area contributed by atoms with Crippen LogP contribution in [0.3, 0.4) is 0 Å². The van der Waals surface area contributed by atoms with Crippen molar-refractivity contribution in [2.75, 3.05) is 13.2 Å². The van der Waals surface area contributed by atoms with Crippen molar-refractivity contribution < 1.29 is 13.2 Å². The first-order valence-electron chi connectivity index (χ1n) is 6.83. The monoisotopic (exact) mass is 299 g/mol. The van der Waals surface area contributed by atoms with E-state index >= 15 is 0 Å². The highest BCUT2D eigenvalue weighted by molar-refractivity contribution is 7.89. The molecule has 20 heavy (non-hydrogen) atoms. The van der Waals surface area contributed by atoms with Crippen molar-refractivity contribution in [2.45, 2.75) is 37.3 Å². The highest BCUT2D eigenvalue weighted by Gasteiger charge is 2.28. The lowest BCUT2D eigenvalue weighted by atomic mass is 10.0. The Labute approximate surface area is 119 Å². The van der Waals surface area contributed by atoms with Gasteiger partial charge in [-0.3, -0.25) is 4.98 Å². The second kappa shape index (κ2) is 6.62. The number of nitrogens with zero attached hydrogens (tertiary/aromatic N) is 1. The quantitative estimate of drug-likeness (QED) is 0.803. The zero-order valence-electron chi connectivity index (χ0n) is 11.6. The molecule has 1 fully saturated rings. The molecule has 112 valence electrons. The predicted molar refractivity (Wildman–Crippen MR) is 75.5 cm³/mol. The topological polar surface area (TPSA) is 94.3 Å². The van der Waals surface area contributed by atoms with Crippen LogP contribution in [0.25, 0.3) is 0 Å². The van der Waals surface area contributed by atoms with Crippen molar-refractivity contribution in [3.8, 4) is 0 Å². The summed E-state index contributed by atoms with van der Waals surface area (Å²) in [6, 6.07) is 3.13. The summed E-state index contributed by atoms with van der Waals surface area (Å²) in [7, 11) is -3.57. The fourth-order valence-electron chi connectivity index (χ4n) is 2.49. The summed E-state index contributed by atoms with van der Waals surface area (Å²) in [6.07, 6.45) is 3.46.